The lowest BCUT2D eigenvalue weighted by Gasteiger charge is -2.45. The summed E-state index contributed by atoms with van der Waals surface area (Å²) in [5.41, 5.74) is 0.797. The molecule has 1 saturated heterocycles. The topological polar surface area (TPSA) is 35.5 Å². The molecule has 24 heavy (non-hydrogen) atoms. The van der Waals surface area contributed by atoms with Crippen LogP contribution in [-0.4, -0.2) is 24.4 Å². The molecule has 2 atom stereocenters. The zero-order valence-corrected chi connectivity index (χ0v) is 13.4. The van der Waals surface area contributed by atoms with Crippen molar-refractivity contribution in [3.63, 3.8) is 0 Å². The third-order valence-electron chi connectivity index (χ3n) is 5.46. The van der Waals surface area contributed by atoms with Gasteiger partial charge in [0.25, 0.3) is 5.79 Å². The van der Waals surface area contributed by atoms with Gasteiger partial charge in [-0.3, -0.25) is 4.79 Å². The maximum Gasteiger partial charge on any atom is 0.366 e. The van der Waals surface area contributed by atoms with E-state index in [-0.39, 0.29) is 23.7 Å². The second-order valence-corrected chi connectivity index (χ2v) is 6.95. The van der Waals surface area contributed by atoms with Crippen LogP contribution in [0.25, 0.3) is 0 Å². The normalized spacial score (nSPS) is 33.0. The molecule has 1 heterocycles. The molecule has 128 valence electrons. The van der Waals surface area contributed by atoms with E-state index in [0.29, 0.717) is 5.57 Å². The lowest BCUT2D eigenvalue weighted by molar-refractivity contribution is -0.356. The van der Waals surface area contributed by atoms with Gasteiger partial charge in [0, 0.05) is 11.1 Å². The molecule has 1 aliphatic heterocycles. The number of Topliss-reactive ketones (excluding diaryl/α,β-unsaturated/α-hetero) is 1. The summed E-state index contributed by atoms with van der Waals surface area (Å²) in [6.07, 6.45) is 4.66. The molecular weight excluding hydrogens is 314 g/mol. The van der Waals surface area contributed by atoms with Gasteiger partial charge in [0.15, 0.2) is 0 Å². The van der Waals surface area contributed by atoms with Crippen molar-refractivity contribution < 1.29 is 23.0 Å². The highest BCUT2D eigenvalue weighted by Crippen LogP contribution is 2.54. The Hall–Kier alpha value is -1.59. The molecule has 5 heteroatoms. The molecule has 0 unspecified atom stereocenters. The Kier molecular flexibility index (Phi) is 3.62. The lowest BCUT2D eigenvalue weighted by Crippen LogP contribution is -2.55. The van der Waals surface area contributed by atoms with Crippen molar-refractivity contribution in [2.45, 2.75) is 49.9 Å². The van der Waals surface area contributed by atoms with Crippen LogP contribution in [-0.2, 0) is 15.3 Å². The Morgan fingerprint density at radius 3 is 2.58 bits per heavy atom. The largest absolute Gasteiger partial charge is 0.366 e. The minimum Gasteiger partial charge on any atom is -0.336 e. The first-order valence-electron chi connectivity index (χ1n) is 8.49. The van der Waals surface area contributed by atoms with E-state index in [0.717, 1.165) is 32.1 Å². The molecule has 0 amide bonds. The van der Waals surface area contributed by atoms with Crippen LogP contribution in [0.1, 0.15) is 48.0 Å². The summed E-state index contributed by atoms with van der Waals surface area (Å²) in [4.78, 5) is 12.2. The summed E-state index contributed by atoms with van der Waals surface area (Å²) in [6.45, 7) is 3.95. The van der Waals surface area contributed by atoms with E-state index in [9.17, 15) is 13.6 Å². The van der Waals surface area contributed by atoms with Gasteiger partial charge in [-0.1, -0.05) is 50.1 Å². The van der Waals surface area contributed by atoms with Gasteiger partial charge >= 0.3 is 5.92 Å². The maximum atomic E-state index is 14.9. The molecule has 1 saturated carbocycles. The van der Waals surface area contributed by atoms with Gasteiger partial charge in [-0.05, 0) is 24.3 Å². The van der Waals surface area contributed by atoms with Crippen LogP contribution < -0.4 is 0 Å². The average Bonchev–Trinajstić information content (AvgIpc) is 2.77. The van der Waals surface area contributed by atoms with Crippen molar-refractivity contribution in [1.29, 1.82) is 0 Å². The van der Waals surface area contributed by atoms with Gasteiger partial charge in [-0.25, -0.2) is 0 Å². The Bertz CT molecular complexity index is 694. The lowest BCUT2D eigenvalue weighted by atomic mass is 9.82. The van der Waals surface area contributed by atoms with E-state index in [1.54, 1.807) is 12.1 Å². The smallest absolute Gasteiger partial charge is 0.336 e. The number of carbonyl (C=O) groups is 1. The summed E-state index contributed by atoms with van der Waals surface area (Å²) in [5.74, 6) is -7.12. The highest BCUT2D eigenvalue weighted by atomic mass is 19.3. The summed E-state index contributed by atoms with van der Waals surface area (Å²) in [6, 6.07) is 6.11. The van der Waals surface area contributed by atoms with Crippen LogP contribution in [0, 0.1) is 5.92 Å². The third-order valence-corrected chi connectivity index (χ3v) is 5.46. The van der Waals surface area contributed by atoms with E-state index in [1.165, 1.54) is 12.1 Å². The number of benzene rings is 1. The molecule has 0 N–H and O–H groups in total. The van der Waals surface area contributed by atoms with Gasteiger partial charge in [0.2, 0.25) is 5.78 Å². The van der Waals surface area contributed by atoms with Crippen LogP contribution in [0.4, 0.5) is 8.78 Å². The highest BCUT2D eigenvalue weighted by Gasteiger charge is 2.71. The van der Waals surface area contributed by atoms with Crippen molar-refractivity contribution in [1.82, 2.24) is 0 Å². The summed E-state index contributed by atoms with van der Waals surface area (Å²) in [7, 11) is 0. The molecule has 2 fully saturated rings. The number of rotatable bonds is 1. The SMILES string of the molecule is C=C1CO[C@]2(O[C@H]1C1CCCCC1)c1ccccc1C(=O)C2(F)F. The van der Waals surface area contributed by atoms with Crippen molar-refractivity contribution in [2.24, 2.45) is 5.92 Å². The van der Waals surface area contributed by atoms with Crippen LogP contribution in [0.3, 0.4) is 0 Å². The molecule has 1 aromatic rings. The van der Waals surface area contributed by atoms with Gasteiger partial charge in [-0.15, -0.1) is 0 Å². The Morgan fingerprint density at radius 2 is 1.83 bits per heavy atom. The predicted octanol–water partition coefficient (Wildman–Crippen LogP) is 4.22. The molecule has 1 aromatic carbocycles. The zero-order valence-electron chi connectivity index (χ0n) is 13.4. The van der Waals surface area contributed by atoms with E-state index in [2.05, 4.69) is 6.58 Å². The molecule has 1 spiro atoms. The second-order valence-electron chi connectivity index (χ2n) is 6.95. The van der Waals surface area contributed by atoms with Crippen LogP contribution in [0.2, 0.25) is 0 Å². The fraction of sp³-hybridized carbons (Fsp3) is 0.526. The van der Waals surface area contributed by atoms with Crippen LogP contribution in [0.15, 0.2) is 36.4 Å². The minimum absolute atomic E-state index is 0.0155. The van der Waals surface area contributed by atoms with Crippen molar-refractivity contribution in [3.8, 4) is 0 Å². The Balaban J connectivity index is 1.76. The van der Waals surface area contributed by atoms with E-state index < -0.39 is 23.6 Å². The molecule has 0 radical (unpaired) electrons. The van der Waals surface area contributed by atoms with E-state index >= 15 is 0 Å². The van der Waals surface area contributed by atoms with Crippen molar-refractivity contribution >= 4 is 5.78 Å². The average molecular weight is 334 g/mol. The standard InChI is InChI=1S/C19H20F2O3/c1-12-11-23-19(24-16(12)13-7-3-2-4-8-13)15-10-6-5-9-14(15)17(22)18(19,20)21/h5-6,9-10,13,16H,1-4,7-8,11H2/t16-,19+/m1/s1. The fourth-order valence-corrected chi connectivity index (χ4v) is 4.20. The monoisotopic (exact) mass is 334 g/mol. The number of ketones is 1. The number of carbonyl (C=O) groups excluding carboxylic acids is 1. The Morgan fingerprint density at radius 1 is 1.12 bits per heavy atom. The van der Waals surface area contributed by atoms with Gasteiger partial charge in [0.1, 0.15) is 0 Å². The molecule has 3 nitrogen and oxygen atoms in total. The van der Waals surface area contributed by atoms with E-state index in [1.807, 2.05) is 0 Å². The number of halogens is 2. The first-order chi connectivity index (χ1) is 11.5. The molecule has 3 aliphatic rings. The maximum absolute atomic E-state index is 14.9. The molecule has 4 rings (SSSR count). The highest BCUT2D eigenvalue weighted by molar-refractivity contribution is 6.07. The van der Waals surface area contributed by atoms with Crippen molar-refractivity contribution in [3.05, 3.63) is 47.5 Å². The van der Waals surface area contributed by atoms with Crippen LogP contribution >= 0.6 is 0 Å². The number of hydrogen-bond acceptors (Lipinski definition) is 3. The first kappa shape index (κ1) is 15.9. The summed E-state index contributed by atoms with van der Waals surface area (Å²) < 4.78 is 41.2. The fourth-order valence-electron chi connectivity index (χ4n) is 4.20. The van der Waals surface area contributed by atoms with Crippen LogP contribution in [0.5, 0.6) is 0 Å². The van der Waals surface area contributed by atoms with Crippen molar-refractivity contribution in [2.75, 3.05) is 6.61 Å². The molecule has 2 aliphatic carbocycles. The van der Waals surface area contributed by atoms with Gasteiger partial charge < -0.3 is 9.47 Å². The zero-order chi connectivity index (χ0) is 16.9. The number of hydrogen-bond donors (Lipinski definition) is 0. The molecule has 0 bridgehead atoms. The summed E-state index contributed by atoms with van der Waals surface area (Å²) in [5, 5.41) is 0. The molecular formula is C19H20F2O3. The second kappa shape index (κ2) is 5.46. The number of fused-ring (bicyclic) bond motifs is 2. The number of ether oxygens (including phenoxy) is 2. The molecule has 0 aromatic heterocycles. The number of alkyl halides is 2. The first-order valence-corrected chi connectivity index (χ1v) is 8.49. The quantitative estimate of drug-likeness (QED) is 0.721. The summed E-state index contributed by atoms with van der Waals surface area (Å²) >= 11 is 0. The van der Waals surface area contributed by atoms with Gasteiger partial charge in [-0.2, -0.15) is 8.78 Å². The predicted molar refractivity (Wildman–Crippen MR) is 83.9 cm³/mol. The Labute approximate surface area is 139 Å². The minimum atomic E-state index is -3.73. The third kappa shape index (κ3) is 2.04. The van der Waals surface area contributed by atoms with Gasteiger partial charge in [0.05, 0.1) is 12.7 Å². The van der Waals surface area contributed by atoms with E-state index in [4.69, 9.17) is 9.47 Å².